The number of nitrogens with one attached hydrogen (secondary N) is 1. The summed E-state index contributed by atoms with van der Waals surface area (Å²) in [7, 11) is -7.95. The first-order valence-corrected chi connectivity index (χ1v) is 12.1. The van der Waals surface area contributed by atoms with E-state index in [1.165, 1.54) is 18.2 Å². The van der Waals surface area contributed by atoms with Crippen molar-refractivity contribution in [3.63, 3.8) is 0 Å². The van der Waals surface area contributed by atoms with Crippen LogP contribution in [0.15, 0.2) is 58.3 Å². The molecule has 7 nitrogen and oxygen atoms in total. The predicted octanol–water partition coefficient (Wildman–Crippen LogP) is 2.35. The zero-order valence-corrected chi connectivity index (χ0v) is 18.1. The third-order valence-electron chi connectivity index (χ3n) is 4.43. The summed E-state index contributed by atoms with van der Waals surface area (Å²) in [5.41, 5.74) is 0.814. The maximum absolute atomic E-state index is 12.7. The normalized spacial score (nSPS) is 13.6. The summed E-state index contributed by atoms with van der Waals surface area (Å²) in [4.78, 5) is 1.66. The van der Waals surface area contributed by atoms with E-state index in [9.17, 15) is 16.8 Å². The molecule has 0 aliphatic heterocycles. The lowest BCUT2D eigenvalue weighted by Crippen LogP contribution is -2.38. The van der Waals surface area contributed by atoms with Crippen molar-refractivity contribution in [2.75, 3.05) is 19.6 Å². The maximum Gasteiger partial charge on any atom is 0.240 e. The molecule has 0 aliphatic rings. The van der Waals surface area contributed by atoms with E-state index in [2.05, 4.69) is 9.62 Å². The smallest absolute Gasteiger partial charge is 0.240 e. The molecule has 2 aromatic rings. The lowest BCUT2D eigenvalue weighted by molar-refractivity contribution is 0.220. The van der Waals surface area contributed by atoms with Crippen LogP contribution in [0.3, 0.4) is 0 Å². The number of likely N-dealkylation sites (N-methyl/N-ethyl adjacent to an activating group) is 1. The molecule has 0 spiro atoms. The fraction of sp³-hybridized carbons (Fsp3) is 0.333. The molecular formula is C18H24ClN3O4S2. The van der Waals surface area contributed by atoms with Gasteiger partial charge < -0.3 is 0 Å². The zero-order chi connectivity index (χ0) is 20.9. The summed E-state index contributed by atoms with van der Waals surface area (Å²) in [6.07, 6.45) is 0. The molecule has 1 unspecified atom stereocenters. The molecule has 0 saturated heterocycles. The average Bonchev–Trinajstić information content (AvgIpc) is 2.65. The first kappa shape index (κ1) is 22.8. The highest BCUT2D eigenvalue weighted by atomic mass is 35.5. The van der Waals surface area contributed by atoms with E-state index >= 15 is 0 Å². The van der Waals surface area contributed by atoms with Crippen LogP contribution in [0.25, 0.3) is 0 Å². The van der Waals surface area contributed by atoms with Crippen molar-refractivity contribution in [2.45, 2.75) is 29.7 Å². The molecule has 0 aliphatic carbocycles. The number of hydrogen-bond donors (Lipinski definition) is 2. The van der Waals surface area contributed by atoms with Gasteiger partial charge in [0.2, 0.25) is 20.0 Å². The van der Waals surface area contributed by atoms with Gasteiger partial charge in [0.25, 0.3) is 0 Å². The van der Waals surface area contributed by atoms with Crippen molar-refractivity contribution in [3.8, 4) is 0 Å². The van der Waals surface area contributed by atoms with Gasteiger partial charge in [-0.2, -0.15) is 0 Å². The van der Waals surface area contributed by atoms with Gasteiger partial charge in [0.15, 0.2) is 0 Å². The second-order valence-electron chi connectivity index (χ2n) is 6.13. The minimum atomic E-state index is -4.00. The van der Waals surface area contributed by atoms with Crippen molar-refractivity contribution in [3.05, 3.63) is 59.1 Å². The maximum atomic E-state index is 12.7. The van der Waals surface area contributed by atoms with Gasteiger partial charge in [-0.05, 0) is 42.9 Å². The number of benzene rings is 2. The van der Waals surface area contributed by atoms with Gasteiger partial charge in [0.05, 0.1) is 9.79 Å². The largest absolute Gasteiger partial charge is 0.296 e. The van der Waals surface area contributed by atoms with E-state index < -0.39 is 20.0 Å². The van der Waals surface area contributed by atoms with E-state index in [0.717, 1.165) is 11.6 Å². The molecule has 3 N–H and O–H groups in total. The number of hydrogen-bond acceptors (Lipinski definition) is 5. The second kappa shape index (κ2) is 9.34. The Kier molecular flexibility index (Phi) is 7.60. The lowest BCUT2D eigenvalue weighted by atomic mass is 10.1. The van der Waals surface area contributed by atoms with E-state index in [4.69, 9.17) is 16.7 Å². The fourth-order valence-electron chi connectivity index (χ4n) is 2.94. The van der Waals surface area contributed by atoms with E-state index in [0.29, 0.717) is 18.1 Å². The monoisotopic (exact) mass is 445 g/mol. The summed E-state index contributed by atoms with van der Waals surface area (Å²) in [6.45, 7) is 5.45. The summed E-state index contributed by atoms with van der Waals surface area (Å²) in [5, 5.41) is 5.65. The predicted molar refractivity (Wildman–Crippen MR) is 110 cm³/mol. The molecule has 2 rings (SSSR count). The van der Waals surface area contributed by atoms with Gasteiger partial charge in [-0.25, -0.2) is 26.7 Å². The topological polar surface area (TPSA) is 110 Å². The number of rotatable bonds is 9. The number of halogens is 1. The Labute approximate surface area is 171 Å². The van der Waals surface area contributed by atoms with Gasteiger partial charge in [-0.15, -0.1) is 0 Å². The molecule has 154 valence electrons. The van der Waals surface area contributed by atoms with E-state index in [1.54, 1.807) is 6.07 Å². The Hall–Kier alpha value is -1.49. The van der Waals surface area contributed by atoms with Crippen LogP contribution in [0.4, 0.5) is 0 Å². The Bertz CT molecular complexity index is 1020. The molecular weight excluding hydrogens is 422 g/mol. The first-order chi connectivity index (χ1) is 13.1. The minimum absolute atomic E-state index is 0.0767. The zero-order valence-electron chi connectivity index (χ0n) is 15.7. The van der Waals surface area contributed by atoms with Gasteiger partial charge >= 0.3 is 0 Å². The Morgan fingerprint density at radius 3 is 2.18 bits per heavy atom. The van der Waals surface area contributed by atoms with Crippen LogP contribution in [0, 0.1) is 0 Å². The molecule has 10 heteroatoms. The highest BCUT2D eigenvalue weighted by Gasteiger charge is 2.24. The van der Waals surface area contributed by atoms with Crippen LogP contribution in [-0.4, -0.2) is 41.4 Å². The number of primary sulfonamides is 1. The van der Waals surface area contributed by atoms with Crippen LogP contribution in [0.1, 0.15) is 25.5 Å². The van der Waals surface area contributed by atoms with Crippen molar-refractivity contribution in [1.29, 1.82) is 0 Å². The minimum Gasteiger partial charge on any atom is -0.296 e. The van der Waals surface area contributed by atoms with Crippen molar-refractivity contribution < 1.29 is 16.8 Å². The van der Waals surface area contributed by atoms with Gasteiger partial charge in [0.1, 0.15) is 0 Å². The molecule has 0 aromatic heterocycles. The third-order valence-corrected chi connectivity index (χ3v) is 7.10. The summed E-state index contributed by atoms with van der Waals surface area (Å²) < 4.78 is 51.0. The number of nitrogens with two attached hydrogens (primary N) is 1. The van der Waals surface area contributed by atoms with E-state index in [-0.39, 0.29) is 22.4 Å². The molecule has 28 heavy (non-hydrogen) atoms. The SMILES string of the molecule is CCN(CC)C(CNS(=O)(=O)c1cccc(S(N)(=O)=O)c1)c1ccccc1Cl. The third kappa shape index (κ3) is 5.53. The first-order valence-electron chi connectivity index (χ1n) is 8.71. The second-order valence-corrected chi connectivity index (χ2v) is 9.87. The number of sulfonamides is 2. The number of nitrogens with zero attached hydrogens (tertiary/aromatic N) is 1. The van der Waals surface area contributed by atoms with Gasteiger partial charge in [-0.3, -0.25) is 4.90 Å². The average molecular weight is 446 g/mol. The summed E-state index contributed by atoms with van der Waals surface area (Å²) in [5.74, 6) is 0. The summed E-state index contributed by atoms with van der Waals surface area (Å²) in [6, 6.07) is 12.0. The molecule has 1 atom stereocenters. The molecule has 0 radical (unpaired) electrons. The van der Waals surface area contributed by atoms with Gasteiger partial charge in [0, 0.05) is 17.6 Å². The van der Waals surface area contributed by atoms with Crippen LogP contribution < -0.4 is 9.86 Å². The molecule has 0 bridgehead atoms. The quantitative estimate of drug-likeness (QED) is 0.615. The Morgan fingerprint density at radius 1 is 1.00 bits per heavy atom. The van der Waals surface area contributed by atoms with Crippen LogP contribution in [0.5, 0.6) is 0 Å². The van der Waals surface area contributed by atoms with Crippen molar-refractivity contribution in [1.82, 2.24) is 9.62 Å². The van der Waals surface area contributed by atoms with Gasteiger partial charge in [-0.1, -0.05) is 49.7 Å². The molecule has 0 saturated carbocycles. The lowest BCUT2D eigenvalue weighted by Gasteiger charge is -2.30. The molecule has 2 aromatic carbocycles. The molecule has 0 amide bonds. The molecule has 0 heterocycles. The fourth-order valence-corrected chi connectivity index (χ4v) is 4.92. The standard InChI is InChI=1S/C18H24ClN3O4S2/c1-3-22(4-2)18(16-10-5-6-11-17(16)19)13-21-28(25,26)15-9-7-8-14(12-15)27(20,23)24/h5-12,18,21H,3-4,13H2,1-2H3,(H2,20,23,24). The van der Waals surface area contributed by atoms with Crippen LogP contribution in [0.2, 0.25) is 5.02 Å². The highest BCUT2D eigenvalue weighted by molar-refractivity contribution is 7.90. The van der Waals surface area contributed by atoms with Crippen LogP contribution >= 0.6 is 11.6 Å². The Morgan fingerprint density at radius 2 is 1.61 bits per heavy atom. The van der Waals surface area contributed by atoms with Crippen LogP contribution in [-0.2, 0) is 20.0 Å². The highest BCUT2D eigenvalue weighted by Crippen LogP contribution is 2.27. The van der Waals surface area contributed by atoms with E-state index in [1.807, 2.05) is 32.0 Å². The van der Waals surface area contributed by atoms with Crippen molar-refractivity contribution in [2.24, 2.45) is 5.14 Å². The molecule has 0 fully saturated rings. The Balaban J connectivity index is 2.33. The summed E-state index contributed by atoms with van der Waals surface area (Å²) >= 11 is 6.33. The van der Waals surface area contributed by atoms with Crippen molar-refractivity contribution >= 4 is 31.6 Å².